The number of aromatic nitrogens is 2. The second-order valence-corrected chi connectivity index (χ2v) is 4.06. The van der Waals surface area contributed by atoms with Gasteiger partial charge in [-0.3, -0.25) is 9.48 Å². The van der Waals surface area contributed by atoms with E-state index in [1.165, 1.54) is 18.2 Å². The Bertz CT molecular complexity index is 612. The first kappa shape index (κ1) is 12.1. The van der Waals surface area contributed by atoms with Gasteiger partial charge in [-0.25, -0.2) is 0 Å². The van der Waals surface area contributed by atoms with Crippen LogP contribution in [-0.2, 0) is 7.05 Å². The second kappa shape index (κ2) is 4.87. The number of hydrogen-bond acceptors (Lipinski definition) is 3. The Balaban J connectivity index is 2.19. The van der Waals surface area contributed by atoms with Gasteiger partial charge in [0.1, 0.15) is 5.75 Å². The maximum Gasteiger partial charge on any atom is 0.185 e. The average Bonchev–Trinajstić information content (AvgIpc) is 2.67. The molecule has 4 heteroatoms. The topological polar surface area (TPSA) is 55.1 Å². The molecule has 0 aliphatic rings. The minimum atomic E-state index is -0.144. The van der Waals surface area contributed by atoms with E-state index in [0.717, 1.165) is 11.3 Å². The Morgan fingerprint density at radius 2 is 2.22 bits per heavy atom. The lowest BCUT2D eigenvalue weighted by Crippen LogP contribution is -1.94. The van der Waals surface area contributed by atoms with Gasteiger partial charge < -0.3 is 5.11 Å². The number of rotatable bonds is 3. The number of benzene rings is 1. The summed E-state index contributed by atoms with van der Waals surface area (Å²) in [5.74, 6) is -0.0547. The Morgan fingerprint density at radius 1 is 1.44 bits per heavy atom. The predicted octanol–water partition coefficient (Wildman–Crippen LogP) is 2.33. The summed E-state index contributed by atoms with van der Waals surface area (Å²) in [6.45, 7) is 1.94. The molecular weight excluding hydrogens is 228 g/mol. The molecule has 1 N–H and O–H groups in total. The SMILES string of the molecule is Cc1c(/C=C/C(=O)c2cccc(O)c2)cnn1C. The maximum absolute atomic E-state index is 11.9. The van der Waals surface area contributed by atoms with E-state index in [-0.39, 0.29) is 11.5 Å². The highest BCUT2D eigenvalue weighted by atomic mass is 16.3. The van der Waals surface area contributed by atoms with Crippen LogP contribution in [0.4, 0.5) is 0 Å². The molecule has 0 radical (unpaired) electrons. The zero-order valence-corrected chi connectivity index (χ0v) is 10.3. The molecule has 0 saturated carbocycles. The number of aromatic hydroxyl groups is 1. The molecule has 2 aromatic rings. The van der Waals surface area contributed by atoms with E-state index in [1.807, 2.05) is 14.0 Å². The molecule has 2 rings (SSSR count). The molecule has 0 amide bonds. The molecule has 0 atom stereocenters. The van der Waals surface area contributed by atoms with Crippen molar-refractivity contribution in [2.24, 2.45) is 7.05 Å². The average molecular weight is 242 g/mol. The standard InChI is InChI=1S/C14H14N2O2/c1-10-12(9-15-16(10)2)6-7-14(18)11-4-3-5-13(17)8-11/h3-9,17H,1-2H3/b7-6+. The molecule has 0 aliphatic heterocycles. The summed E-state index contributed by atoms with van der Waals surface area (Å²) in [6.07, 6.45) is 4.93. The first-order valence-electron chi connectivity index (χ1n) is 5.58. The summed E-state index contributed by atoms with van der Waals surface area (Å²) in [6, 6.07) is 6.29. The fourth-order valence-corrected chi connectivity index (χ4v) is 1.60. The van der Waals surface area contributed by atoms with E-state index in [1.54, 1.807) is 29.1 Å². The van der Waals surface area contributed by atoms with Crippen molar-refractivity contribution >= 4 is 11.9 Å². The van der Waals surface area contributed by atoms with Crippen LogP contribution in [0, 0.1) is 6.92 Å². The molecular formula is C14H14N2O2. The molecule has 0 unspecified atom stereocenters. The minimum Gasteiger partial charge on any atom is -0.508 e. The number of carbonyl (C=O) groups is 1. The summed E-state index contributed by atoms with van der Waals surface area (Å²) in [5.41, 5.74) is 2.37. The van der Waals surface area contributed by atoms with Crippen LogP contribution in [0.1, 0.15) is 21.6 Å². The van der Waals surface area contributed by atoms with Gasteiger partial charge in [0.05, 0.1) is 6.20 Å². The molecule has 0 spiro atoms. The summed E-state index contributed by atoms with van der Waals surface area (Å²) in [4.78, 5) is 11.9. The van der Waals surface area contributed by atoms with Crippen LogP contribution in [-0.4, -0.2) is 20.7 Å². The highest BCUT2D eigenvalue weighted by Crippen LogP contribution is 2.13. The van der Waals surface area contributed by atoms with E-state index >= 15 is 0 Å². The number of phenols is 1. The molecule has 0 bridgehead atoms. The molecule has 92 valence electrons. The van der Waals surface area contributed by atoms with Gasteiger partial charge in [-0.15, -0.1) is 0 Å². The van der Waals surface area contributed by atoms with Gasteiger partial charge in [0, 0.05) is 23.9 Å². The molecule has 4 nitrogen and oxygen atoms in total. The van der Waals surface area contributed by atoms with Gasteiger partial charge in [-0.05, 0) is 31.2 Å². The van der Waals surface area contributed by atoms with Crippen LogP contribution in [0.15, 0.2) is 36.5 Å². The molecule has 1 aromatic heterocycles. The van der Waals surface area contributed by atoms with Crippen molar-refractivity contribution in [2.75, 3.05) is 0 Å². The number of carbonyl (C=O) groups excluding carboxylic acids is 1. The van der Waals surface area contributed by atoms with E-state index in [9.17, 15) is 9.90 Å². The zero-order chi connectivity index (χ0) is 13.1. The Kier molecular flexibility index (Phi) is 3.28. The molecule has 1 aromatic carbocycles. The summed E-state index contributed by atoms with van der Waals surface area (Å²) in [5, 5.41) is 13.4. The molecule has 0 fully saturated rings. The van der Waals surface area contributed by atoms with Crippen molar-refractivity contribution in [2.45, 2.75) is 6.92 Å². The summed E-state index contributed by atoms with van der Waals surface area (Å²) < 4.78 is 1.75. The smallest absolute Gasteiger partial charge is 0.185 e. The lowest BCUT2D eigenvalue weighted by atomic mass is 10.1. The molecule has 18 heavy (non-hydrogen) atoms. The third-order valence-electron chi connectivity index (χ3n) is 2.82. The van der Waals surface area contributed by atoms with Crippen LogP contribution in [0.3, 0.4) is 0 Å². The van der Waals surface area contributed by atoms with E-state index in [0.29, 0.717) is 5.56 Å². The number of hydrogen-bond donors (Lipinski definition) is 1. The Labute approximate surface area is 105 Å². The fraction of sp³-hybridized carbons (Fsp3) is 0.143. The third-order valence-corrected chi connectivity index (χ3v) is 2.82. The third kappa shape index (κ3) is 2.48. The Morgan fingerprint density at radius 3 is 2.83 bits per heavy atom. The highest BCUT2D eigenvalue weighted by molar-refractivity contribution is 6.07. The van der Waals surface area contributed by atoms with Crippen molar-refractivity contribution in [3.63, 3.8) is 0 Å². The van der Waals surface area contributed by atoms with Crippen molar-refractivity contribution in [1.82, 2.24) is 9.78 Å². The van der Waals surface area contributed by atoms with Crippen molar-refractivity contribution in [1.29, 1.82) is 0 Å². The van der Waals surface area contributed by atoms with Crippen LogP contribution in [0.5, 0.6) is 5.75 Å². The maximum atomic E-state index is 11.9. The number of ketones is 1. The van der Waals surface area contributed by atoms with Crippen LogP contribution in [0.25, 0.3) is 6.08 Å². The van der Waals surface area contributed by atoms with Gasteiger partial charge >= 0.3 is 0 Å². The lowest BCUT2D eigenvalue weighted by Gasteiger charge is -1.97. The van der Waals surface area contributed by atoms with Crippen LogP contribution >= 0.6 is 0 Å². The van der Waals surface area contributed by atoms with Crippen molar-refractivity contribution in [3.05, 3.63) is 53.4 Å². The lowest BCUT2D eigenvalue weighted by molar-refractivity contribution is 0.104. The Hall–Kier alpha value is -2.36. The van der Waals surface area contributed by atoms with E-state index in [2.05, 4.69) is 5.10 Å². The first-order valence-corrected chi connectivity index (χ1v) is 5.58. The van der Waals surface area contributed by atoms with Gasteiger partial charge in [0.25, 0.3) is 0 Å². The first-order chi connectivity index (χ1) is 8.58. The normalized spacial score (nSPS) is 11.0. The van der Waals surface area contributed by atoms with Gasteiger partial charge in [-0.1, -0.05) is 12.1 Å². The number of allylic oxidation sites excluding steroid dienone is 1. The van der Waals surface area contributed by atoms with Gasteiger partial charge in [0.15, 0.2) is 5.78 Å². The number of aryl methyl sites for hydroxylation is 1. The molecule has 0 aliphatic carbocycles. The number of phenolic OH excluding ortho intramolecular Hbond substituents is 1. The van der Waals surface area contributed by atoms with Crippen LogP contribution in [0.2, 0.25) is 0 Å². The summed E-state index contributed by atoms with van der Waals surface area (Å²) >= 11 is 0. The van der Waals surface area contributed by atoms with Gasteiger partial charge in [-0.2, -0.15) is 5.10 Å². The quantitative estimate of drug-likeness (QED) is 0.664. The molecule has 1 heterocycles. The zero-order valence-electron chi connectivity index (χ0n) is 10.3. The highest BCUT2D eigenvalue weighted by Gasteiger charge is 2.04. The summed E-state index contributed by atoms with van der Waals surface area (Å²) in [7, 11) is 1.85. The monoisotopic (exact) mass is 242 g/mol. The number of nitrogens with zero attached hydrogens (tertiary/aromatic N) is 2. The minimum absolute atomic E-state index is 0.0896. The van der Waals surface area contributed by atoms with Crippen molar-refractivity contribution in [3.8, 4) is 5.75 Å². The van der Waals surface area contributed by atoms with E-state index in [4.69, 9.17) is 0 Å². The van der Waals surface area contributed by atoms with Crippen molar-refractivity contribution < 1.29 is 9.90 Å². The van der Waals surface area contributed by atoms with E-state index < -0.39 is 0 Å². The van der Waals surface area contributed by atoms with Gasteiger partial charge in [0.2, 0.25) is 0 Å². The fourth-order valence-electron chi connectivity index (χ4n) is 1.60. The largest absolute Gasteiger partial charge is 0.508 e. The van der Waals surface area contributed by atoms with Crippen LogP contribution < -0.4 is 0 Å². The second-order valence-electron chi connectivity index (χ2n) is 4.06. The molecule has 0 saturated heterocycles. The predicted molar refractivity (Wildman–Crippen MR) is 69.4 cm³/mol.